The summed E-state index contributed by atoms with van der Waals surface area (Å²) < 4.78 is 14.2. The Bertz CT molecular complexity index is 458. The van der Waals surface area contributed by atoms with Crippen molar-refractivity contribution in [3.8, 4) is 0 Å². The number of nitrogens with zero attached hydrogens (tertiary/aromatic N) is 1. The molecule has 1 heterocycles. The lowest BCUT2D eigenvalue weighted by atomic mass is 10.3. The first-order chi connectivity index (χ1) is 9.71. The summed E-state index contributed by atoms with van der Waals surface area (Å²) >= 11 is 0. The van der Waals surface area contributed by atoms with E-state index in [4.69, 9.17) is 9.47 Å². The van der Waals surface area contributed by atoms with Gasteiger partial charge in [0, 0.05) is 11.6 Å². The van der Waals surface area contributed by atoms with Crippen LogP contribution in [0.1, 0.15) is 20.8 Å². The molecule has 1 aliphatic heterocycles. The van der Waals surface area contributed by atoms with Crippen LogP contribution in [0.5, 0.6) is 0 Å². The standard InChI is InChI=1S/C7H9NO3.C7H10O3/c1-4-6(10)11-7(2,3)8-5-9;1-5(2)7(8)10-4-6-3-9-6/h4H,1H2,2-3H3;6H,1,3-4H2,2H3. The van der Waals surface area contributed by atoms with Gasteiger partial charge in [-0.3, -0.25) is 0 Å². The quantitative estimate of drug-likeness (QED) is 0.241. The van der Waals surface area contributed by atoms with Crippen LogP contribution in [0, 0.1) is 0 Å². The molecule has 116 valence electrons. The Morgan fingerprint density at radius 1 is 1.52 bits per heavy atom. The molecule has 1 aliphatic rings. The SMILES string of the molecule is C=C(C)C(=O)OCC1CO1.C=CC(=O)OC(C)(C)N=C=O. The molecular formula is C14H19NO6. The third-order valence-corrected chi connectivity index (χ3v) is 1.98. The van der Waals surface area contributed by atoms with Crippen molar-refractivity contribution in [3.05, 3.63) is 24.8 Å². The molecule has 21 heavy (non-hydrogen) atoms. The van der Waals surface area contributed by atoms with E-state index in [2.05, 4.69) is 22.9 Å². The number of esters is 2. The second-order valence-electron chi connectivity index (χ2n) is 4.61. The molecule has 1 unspecified atom stereocenters. The van der Waals surface area contributed by atoms with Gasteiger partial charge in [0.1, 0.15) is 12.7 Å². The summed E-state index contributed by atoms with van der Waals surface area (Å²) in [5.74, 6) is -0.954. The highest BCUT2D eigenvalue weighted by Gasteiger charge is 2.24. The Kier molecular flexibility index (Phi) is 7.89. The zero-order chi connectivity index (χ0) is 16.5. The van der Waals surface area contributed by atoms with Crippen LogP contribution in [0.15, 0.2) is 29.8 Å². The highest BCUT2D eigenvalue weighted by molar-refractivity contribution is 5.86. The average molecular weight is 297 g/mol. The topological polar surface area (TPSA) is 94.6 Å². The molecule has 0 saturated carbocycles. The van der Waals surface area contributed by atoms with Gasteiger partial charge in [-0.15, -0.1) is 0 Å². The molecule has 0 bridgehead atoms. The molecule has 0 spiro atoms. The fraction of sp³-hybridized carbons (Fsp3) is 0.500. The van der Waals surface area contributed by atoms with Gasteiger partial charge in [-0.2, -0.15) is 4.99 Å². The predicted octanol–water partition coefficient (Wildman–Crippen LogP) is 1.29. The van der Waals surface area contributed by atoms with Gasteiger partial charge in [-0.1, -0.05) is 13.2 Å². The fourth-order valence-corrected chi connectivity index (χ4v) is 0.877. The lowest BCUT2D eigenvalue weighted by molar-refractivity contribution is -0.149. The second kappa shape index (κ2) is 8.84. The Labute approximate surface area is 123 Å². The van der Waals surface area contributed by atoms with Crippen LogP contribution < -0.4 is 0 Å². The predicted molar refractivity (Wildman–Crippen MR) is 74.0 cm³/mol. The van der Waals surface area contributed by atoms with E-state index in [-0.39, 0.29) is 12.1 Å². The normalized spacial score (nSPS) is 15.5. The van der Waals surface area contributed by atoms with Crippen LogP contribution >= 0.6 is 0 Å². The van der Waals surface area contributed by atoms with E-state index in [1.165, 1.54) is 19.9 Å². The largest absolute Gasteiger partial charge is 0.459 e. The maximum Gasteiger partial charge on any atom is 0.333 e. The minimum atomic E-state index is -1.15. The molecule has 1 atom stereocenters. The zero-order valence-corrected chi connectivity index (χ0v) is 12.4. The summed E-state index contributed by atoms with van der Waals surface area (Å²) in [6, 6.07) is 0. The van der Waals surface area contributed by atoms with Crippen LogP contribution in [0.4, 0.5) is 0 Å². The Morgan fingerprint density at radius 3 is 2.48 bits per heavy atom. The molecule has 1 fully saturated rings. The number of hydrogen-bond acceptors (Lipinski definition) is 7. The van der Waals surface area contributed by atoms with Crippen LogP contribution in [-0.4, -0.2) is 43.1 Å². The van der Waals surface area contributed by atoms with Crippen LogP contribution in [-0.2, 0) is 28.6 Å². The zero-order valence-electron chi connectivity index (χ0n) is 12.4. The first-order valence-corrected chi connectivity index (χ1v) is 6.10. The molecule has 0 amide bonds. The number of carbonyl (C=O) groups is 2. The van der Waals surface area contributed by atoms with Crippen molar-refractivity contribution in [2.45, 2.75) is 32.6 Å². The van der Waals surface area contributed by atoms with Crippen LogP contribution in [0.2, 0.25) is 0 Å². The number of epoxide rings is 1. The second-order valence-corrected chi connectivity index (χ2v) is 4.61. The van der Waals surface area contributed by atoms with E-state index < -0.39 is 11.7 Å². The molecule has 0 aliphatic carbocycles. The maximum absolute atomic E-state index is 10.7. The van der Waals surface area contributed by atoms with Gasteiger partial charge in [0.2, 0.25) is 11.8 Å². The molecule has 1 saturated heterocycles. The minimum absolute atomic E-state index is 0.142. The van der Waals surface area contributed by atoms with Gasteiger partial charge in [-0.25, -0.2) is 14.4 Å². The molecule has 7 heteroatoms. The highest BCUT2D eigenvalue weighted by atomic mass is 16.6. The number of carbonyl (C=O) groups excluding carboxylic acids is 3. The van der Waals surface area contributed by atoms with Gasteiger partial charge in [0.25, 0.3) is 0 Å². The van der Waals surface area contributed by atoms with Crippen molar-refractivity contribution in [1.29, 1.82) is 0 Å². The van der Waals surface area contributed by atoms with Crippen molar-refractivity contribution in [2.24, 2.45) is 4.99 Å². The van der Waals surface area contributed by atoms with Gasteiger partial charge in [0.15, 0.2) is 0 Å². The van der Waals surface area contributed by atoms with Crippen molar-refractivity contribution in [1.82, 2.24) is 0 Å². The van der Waals surface area contributed by atoms with Crippen molar-refractivity contribution in [3.63, 3.8) is 0 Å². The highest BCUT2D eigenvalue weighted by Crippen LogP contribution is 2.10. The molecule has 0 N–H and O–H groups in total. The number of rotatable bonds is 6. The Morgan fingerprint density at radius 2 is 2.10 bits per heavy atom. The molecule has 0 radical (unpaired) electrons. The van der Waals surface area contributed by atoms with E-state index in [0.29, 0.717) is 18.8 Å². The summed E-state index contributed by atoms with van der Waals surface area (Å²) in [5.41, 5.74) is -0.715. The number of hydrogen-bond donors (Lipinski definition) is 0. The van der Waals surface area contributed by atoms with E-state index in [1.54, 1.807) is 6.92 Å². The summed E-state index contributed by atoms with van der Waals surface area (Å²) in [6.45, 7) is 12.3. The van der Waals surface area contributed by atoms with Crippen LogP contribution in [0.25, 0.3) is 0 Å². The average Bonchev–Trinajstić information content (AvgIpc) is 3.19. The summed E-state index contributed by atoms with van der Waals surface area (Å²) in [6.07, 6.45) is 2.44. The third-order valence-electron chi connectivity index (χ3n) is 1.98. The molecule has 0 aromatic heterocycles. The van der Waals surface area contributed by atoms with Crippen LogP contribution in [0.3, 0.4) is 0 Å². The first-order valence-electron chi connectivity index (χ1n) is 6.10. The summed E-state index contributed by atoms with van der Waals surface area (Å²) in [4.78, 5) is 34.3. The monoisotopic (exact) mass is 297 g/mol. The number of isocyanates is 1. The minimum Gasteiger partial charge on any atom is -0.459 e. The molecular weight excluding hydrogens is 278 g/mol. The lowest BCUT2D eigenvalue weighted by Crippen LogP contribution is -2.24. The smallest absolute Gasteiger partial charge is 0.333 e. The van der Waals surface area contributed by atoms with Crippen molar-refractivity contribution in [2.75, 3.05) is 13.2 Å². The summed E-state index contributed by atoms with van der Waals surface area (Å²) in [5, 5.41) is 0. The van der Waals surface area contributed by atoms with E-state index in [1.807, 2.05) is 0 Å². The Hall–Kier alpha value is -2.24. The van der Waals surface area contributed by atoms with Crippen molar-refractivity contribution < 1.29 is 28.6 Å². The van der Waals surface area contributed by atoms with E-state index in [0.717, 1.165) is 6.08 Å². The lowest BCUT2D eigenvalue weighted by Gasteiger charge is -2.16. The van der Waals surface area contributed by atoms with Gasteiger partial charge < -0.3 is 14.2 Å². The summed E-state index contributed by atoms with van der Waals surface area (Å²) in [7, 11) is 0. The van der Waals surface area contributed by atoms with E-state index in [9.17, 15) is 14.4 Å². The third kappa shape index (κ3) is 10.2. The Balaban J connectivity index is 0.000000382. The first kappa shape index (κ1) is 18.8. The fourth-order valence-electron chi connectivity index (χ4n) is 0.877. The molecule has 7 nitrogen and oxygen atoms in total. The van der Waals surface area contributed by atoms with E-state index >= 15 is 0 Å². The maximum atomic E-state index is 10.7. The number of ether oxygens (including phenoxy) is 3. The van der Waals surface area contributed by atoms with Gasteiger partial charge in [-0.05, 0) is 20.8 Å². The van der Waals surface area contributed by atoms with Crippen molar-refractivity contribution >= 4 is 18.0 Å². The molecule has 0 aromatic carbocycles. The van der Waals surface area contributed by atoms with Gasteiger partial charge in [0.05, 0.1) is 6.61 Å². The molecule has 1 rings (SSSR count). The van der Waals surface area contributed by atoms with Gasteiger partial charge >= 0.3 is 11.9 Å². The number of aliphatic imine (C=N–C) groups is 1. The molecule has 0 aromatic rings.